The number of ether oxygens (including phenoxy) is 2. The molecular formula is C28H36N4O7. The number of nitrogens with two attached hydrogens (primary N) is 1. The van der Waals surface area contributed by atoms with Crippen molar-refractivity contribution in [3.8, 4) is 11.5 Å². The lowest BCUT2D eigenvalue weighted by Gasteiger charge is -2.34. The van der Waals surface area contributed by atoms with E-state index < -0.39 is 41.5 Å². The van der Waals surface area contributed by atoms with Crippen molar-refractivity contribution >= 4 is 29.5 Å². The van der Waals surface area contributed by atoms with Gasteiger partial charge in [-0.25, -0.2) is 4.79 Å². The van der Waals surface area contributed by atoms with Crippen LogP contribution in [0.4, 0.5) is 10.5 Å². The summed E-state index contributed by atoms with van der Waals surface area (Å²) in [6, 6.07) is 10.0. The summed E-state index contributed by atoms with van der Waals surface area (Å²) in [6.07, 6.45) is 0.164. The molecule has 210 valence electrons. The summed E-state index contributed by atoms with van der Waals surface area (Å²) in [7, 11) is 1.51. The third-order valence-corrected chi connectivity index (χ3v) is 5.43. The number of anilines is 1. The Morgan fingerprint density at radius 2 is 1.74 bits per heavy atom. The van der Waals surface area contributed by atoms with Gasteiger partial charge in [-0.2, -0.15) is 0 Å². The van der Waals surface area contributed by atoms with Crippen molar-refractivity contribution in [3.05, 3.63) is 66.7 Å². The molecule has 11 heteroatoms. The Morgan fingerprint density at radius 1 is 1.10 bits per heavy atom. The highest BCUT2D eigenvalue weighted by Gasteiger charge is 2.37. The number of aromatic hydroxyl groups is 1. The molecule has 2 atom stereocenters. The molecule has 0 aliphatic carbocycles. The van der Waals surface area contributed by atoms with Gasteiger partial charge in [-0.3, -0.25) is 14.4 Å². The van der Waals surface area contributed by atoms with E-state index in [1.165, 1.54) is 25.3 Å². The van der Waals surface area contributed by atoms with E-state index in [4.69, 9.17) is 15.2 Å². The van der Waals surface area contributed by atoms with Crippen LogP contribution < -0.4 is 21.1 Å². The Balaban J connectivity index is 2.50. The molecule has 2 aromatic carbocycles. The van der Waals surface area contributed by atoms with E-state index in [2.05, 4.69) is 17.2 Å². The fourth-order valence-electron chi connectivity index (χ4n) is 3.71. The molecule has 0 aliphatic rings. The summed E-state index contributed by atoms with van der Waals surface area (Å²) in [5.41, 5.74) is 5.02. The first kappa shape index (κ1) is 30.7. The van der Waals surface area contributed by atoms with Crippen LogP contribution in [0, 0.1) is 0 Å². The maximum Gasteiger partial charge on any atom is 0.408 e. The third kappa shape index (κ3) is 9.37. The van der Waals surface area contributed by atoms with Crippen molar-refractivity contribution in [1.29, 1.82) is 0 Å². The number of phenols is 1. The van der Waals surface area contributed by atoms with Crippen LogP contribution in [0.5, 0.6) is 11.5 Å². The zero-order valence-electron chi connectivity index (χ0n) is 22.6. The molecule has 11 nitrogen and oxygen atoms in total. The van der Waals surface area contributed by atoms with Crippen LogP contribution in [0.25, 0.3) is 0 Å². The van der Waals surface area contributed by atoms with Crippen LogP contribution in [0.1, 0.15) is 45.2 Å². The van der Waals surface area contributed by atoms with Crippen molar-refractivity contribution in [2.24, 2.45) is 5.73 Å². The minimum Gasteiger partial charge on any atom is -0.508 e. The smallest absolute Gasteiger partial charge is 0.408 e. The average molecular weight is 541 g/mol. The number of nitrogens with zero attached hydrogens (tertiary/aromatic N) is 1. The number of phenolic OH excluding ortho intramolecular Hbond substituents is 1. The zero-order chi connectivity index (χ0) is 29.2. The molecule has 0 aromatic heterocycles. The van der Waals surface area contributed by atoms with Crippen molar-refractivity contribution in [2.45, 2.75) is 51.3 Å². The summed E-state index contributed by atoms with van der Waals surface area (Å²) in [4.78, 5) is 52.8. The quantitative estimate of drug-likeness (QED) is 0.301. The number of carbonyl (C=O) groups is 4. The highest BCUT2D eigenvalue weighted by molar-refractivity contribution is 5.99. The first-order valence-electron chi connectivity index (χ1n) is 12.3. The van der Waals surface area contributed by atoms with E-state index in [0.29, 0.717) is 11.4 Å². The van der Waals surface area contributed by atoms with E-state index in [1.807, 2.05) is 0 Å². The van der Waals surface area contributed by atoms with Gasteiger partial charge in [-0.05, 0) is 57.5 Å². The molecule has 39 heavy (non-hydrogen) atoms. The number of benzene rings is 2. The number of alkyl carbamates (subject to hydrolysis) is 1. The zero-order valence-corrected chi connectivity index (χ0v) is 22.6. The van der Waals surface area contributed by atoms with Gasteiger partial charge in [0, 0.05) is 24.2 Å². The lowest BCUT2D eigenvalue weighted by atomic mass is 10.0. The molecule has 0 bridgehead atoms. The Morgan fingerprint density at radius 3 is 2.28 bits per heavy atom. The minimum atomic E-state index is -1.34. The summed E-state index contributed by atoms with van der Waals surface area (Å²) in [5.74, 6) is -1.66. The molecule has 0 aliphatic heterocycles. The Bertz CT molecular complexity index is 1180. The molecule has 0 heterocycles. The van der Waals surface area contributed by atoms with Gasteiger partial charge in [-0.1, -0.05) is 24.3 Å². The van der Waals surface area contributed by atoms with E-state index in [9.17, 15) is 24.3 Å². The van der Waals surface area contributed by atoms with Gasteiger partial charge in [-0.15, -0.1) is 6.58 Å². The number of methoxy groups -OCH3 is 1. The Hall–Kier alpha value is -4.54. The molecule has 4 amide bonds. The summed E-state index contributed by atoms with van der Waals surface area (Å²) < 4.78 is 10.4. The van der Waals surface area contributed by atoms with Gasteiger partial charge in [0.15, 0.2) is 0 Å². The lowest BCUT2D eigenvalue weighted by Crippen LogP contribution is -2.52. The van der Waals surface area contributed by atoms with E-state index >= 15 is 0 Å². The largest absolute Gasteiger partial charge is 0.508 e. The van der Waals surface area contributed by atoms with Gasteiger partial charge in [0.2, 0.25) is 11.8 Å². The topological polar surface area (TPSA) is 160 Å². The van der Waals surface area contributed by atoms with E-state index in [1.54, 1.807) is 57.2 Å². The van der Waals surface area contributed by atoms with E-state index in [-0.39, 0.29) is 30.7 Å². The number of carbonyl (C=O) groups excluding carboxylic acids is 4. The first-order chi connectivity index (χ1) is 18.4. The van der Waals surface area contributed by atoms with Gasteiger partial charge >= 0.3 is 6.09 Å². The molecular weight excluding hydrogens is 504 g/mol. The van der Waals surface area contributed by atoms with Crippen molar-refractivity contribution in [3.63, 3.8) is 0 Å². The first-order valence-corrected chi connectivity index (χ1v) is 12.3. The third-order valence-electron chi connectivity index (χ3n) is 5.43. The predicted molar refractivity (Wildman–Crippen MR) is 146 cm³/mol. The van der Waals surface area contributed by atoms with Crippen LogP contribution in [-0.2, 0) is 19.1 Å². The van der Waals surface area contributed by atoms with Crippen molar-refractivity contribution in [2.75, 3.05) is 19.0 Å². The predicted octanol–water partition coefficient (Wildman–Crippen LogP) is 3.25. The second-order valence-corrected chi connectivity index (χ2v) is 9.66. The standard InChI is InChI=1S/C28H36N4O7/c1-6-17-32(26(36)21(15-16-23(29)34)31-27(37)39-28(2,3)4)24(20-9-7-8-10-22(20)33)25(35)30-18-11-13-19(38-5)14-12-18/h6-14,21,24,33H,1,15-17H2,2-5H3,(H2,29,34)(H,30,35)(H,31,37). The van der Waals surface area contributed by atoms with Crippen molar-refractivity contribution < 1.29 is 33.8 Å². The molecule has 2 aromatic rings. The maximum absolute atomic E-state index is 13.9. The van der Waals surface area contributed by atoms with Gasteiger partial charge in [0.05, 0.1) is 7.11 Å². The number of amides is 4. The molecule has 2 rings (SSSR count). The fraction of sp³-hybridized carbons (Fsp3) is 0.357. The molecule has 5 N–H and O–H groups in total. The van der Waals surface area contributed by atoms with Gasteiger partial charge in [0.1, 0.15) is 29.2 Å². The highest BCUT2D eigenvalue weighted by atomic mass is 16.6. The van der Waals surface area contributed by atoms with Crippen LogP contribution in [-0.4, -0.2) is 59.1 Å². The number of nitrogens with one attached hydrogen (secondary N) is 2. The summed E-state index contributed by atoms with van der Waals surface area (Å²) in [5, 5.41) is 15.9. The highest BCUT2D eigenvalue weighted by Crippen LogP contribution is 2.31. The summed E-state index contributed by atoms with van der Waals surface area (Å²) >= 11 is 0. The lowest BCUT2D eigenvalue weighted by molar-refractivity contribution is -0.140. The number of hydrogen-bond donors (Lipinski definition) is 4. The molecule has 0 radical (unpaired) electrons. The second kappa shape index (κ2) is 13.8. The van der Waals surface area contributed by atoms with Gasteiger partial charge < -0.3 is 35.8 Å². The maximum atomic E-state index is 13.9. The van der Waals surface area contributed by atoms with Crippen LogP contribution in [0.15, 0.2) is 61.2 Å². The number of hydrogen-bond acceptors (Lipinski definition) is 7. The van der Waals surface area contributed by atoms with Crippen LogP contribution in [0.2, 0.25) is 0 Å². The summed E-state index contributed by atoms with van der Waals surface area (Å²) in [6.45, 7) is 8.55. The van der Waals surface area contributed by atoms with E-state index in [0.717, 1.165) is 4.90 Å². The molecule has 0 saturated carbocycles. The molecule has 0 spiro atoms. The monoisotopic (exact) mass is 540 g/mol. The normalized spacial score (nSPS) is 12.4. The second-order valence-electron chi connectivity index (χ2n) is 9.66. The molecule has 2 unspecified atom stereocenters. The Kier molecular flexibility index (Phi) is 10.9. The number of rotatable bonds is 12. The van der Waals surface area contributed by atoms with Gasteiger partial charge in [0.25, 0.3) is 5.91 Å². The number of para-hydroxylation sites is 1. The SMILES string of the molecule is C=CCN(C(=O)C(CCC(N)=O)NC(=O)OC(C)(C)C)C(C(=O)Nc1ccc(OC)cc1)c1ccccc1O. The van der Waals surface area contributed by atoms with Crippen LogP contribution in [0.3, 0.4) is 0 Å². The number of primary amides is 1. The minimum absolute atomic E-state index is 0.128. The Labute approximate surface area is 228 Å². The molecule has 0 saturated heterocycles. The average Bonchev–Trinajstić information content (AvgIpc) is 2.86. The molecule has 0 fully saturated rings. The van der Waals surface area contributed by atoms with Crippen LogP contribution >= 0.6 is 0 Å². The fourth-order valence-corrected chi connectivity index (χ4v) is 3.71. The van der Waals surface area contributed by atoms with Crippen molar-refractivity contribution in [1.82, 2.24) is 10.2 Å².